The standard InChI is InChI=1S/C23H24N2O3.C9H5N/c1-4-16-8-7-10-20(22(16)28-15(2)3)23(27)25-18(14-26)12-17-13-24-21-11-6-5-9-19(17)21;1-2-6-4-10-5-8-7(3-1)9(6)8/h1,5-11,13,15,18,24,26H,12,14H2,2-3H3,(H,25,27);1-5H/t18-;/m1./s1. The Labute approximate surface area is 221 Å². The molecule has 0 bridgehead atoms. The zero-order valence-electron chi connectivity index (χ0n) is 21.4. The lowest BCUT2D eigenvalue weighted by Crippen LogP contribution is -2.39. The molecule has 0 radical (unpaired) electrons. The summed E-state index contributed by atoms with van der Waals surface area (Å²) in [6.45, 7) is 3.57. The van der Waals surface area contributed by atoms with Crippen LogP contribution in [0, 0.1) is 12.3 Å². The third-order valence-corrected chi connectivity index (χ3v) is 6.48. The number of aromatic amines is 1. The zero-order valence-corrected chi connectivity index (χ0v) is 21.4. The number of H-pyrrole nitrogens is 1. The highest BCUT2D eigenvalue weighted by molar-refractivity contribution is 6.19. The van der Waals surface area contributed by atoms with Gasteiger partial charge in [-0.25, -0.2) is 0 Å². The number of para-hydroxylation sites is 2. The minimum atomic E-state index is -0.437. The van der Waals surface area contributed by atoms with Crippen molar-refractivity contribution in [1.29, 1.82) is 0 Å². The summed E-state index contributed by atoms with van der Waals surface area (Å²) in [5.74, 6) is 2.62. The third kappa shape index (κ3) is 5.10. The SMILES string of the molecule is C#Cc1cccc(C(=O)N[C@@H](CO)Cc2c[nH]c3ccccc23)c1OC(C)C.c1cc2c3c-2cncc3c1. The molecule has 6 rings (SSSR count). The van der Waals surface area contributed by atoms with Crippen LogP contribution in [-0.4, -0.2) is 39.7 Å². The van der Waals surface area contributed by atoms with E-state index in [0.717, 1.165) is 16.5 Å². The normalized spacial score (nSPS) is 12.0. The Balaban J connectivity index is 0.000000240. The molecule has 1 aliphatic rings. The number of aliphatic hydroxyl groups is 1. The molecular weight excluding hydrogens is 474 g/mol. The zero-order chi connectivity index (χ0) is 26.6. The second-order valence-corrected chi connectivity index (χ2v) is 9.50. The molecule has 1 aliphatic carbocycles. The number of terminal acetylenes is 1. The molecule has 0 saturated carbocycles. The van der Waals surface area contributed by atoms with Gasteiger partial charge in [-0.15, -0.1) is 6.42 Å². The van der Waals surface area contributed by atoms with Gasteiger partial charge in [0.1, 0.15) is 5.75 Å². The van der Waals surface area contributed by atoms with Crippen molar-refractivity contribution < 1.29 is 14.6 Å². The Bertz CT molecular complexity index is 1630. The predicted molar refractivity (Wildman–Crippen MR) is 151 cm³/mol. The van der Waals surface area contributed by atoms with Crippen LogP contribution in [0.3, 0.4) is 0 Å². The number of carbonyl (C=O) groups is 1. The maximum absolute atomic E-state index is 12.9. The van der Waals surface area contributed by atoms with Gasteiger partial charge in [-0.1, -0.05) is 48.4 Å². The number of hydrogen-bond acceptors (Lipinski definition) is 4. The van der Waals surface area contributed by atoms with Gasteiger partial charge < -0.3 is 20.1 Å². The number of nitrogens with one attached hydrogen (secondary N) is 2. The van der Waals surface area contributed by atoms with Crippen molar-refractivity contribution >= 4 is 27.6 Å². The molecule has 0 spiro atoms. The number of pyridine rings is 1. The van der Waals surface area contributed by atoms with E-state index in [-0.39, 0.29) is 18.6 Å². The van der Waals surface area contributed by atoms with Crippen LogP contribution >= 0.6 is 0 Å². The van der Waals surface area contributed by atoms with Crippen molar-refractivity contribution in [3.63, 3.8) is 0 Å². The van der Waals surface area contributed by atoms with Crippen LogP contribution in [-0.2, 0) is 6.42 Å². The Morgan fingerprint density at radius 3 is 2.66 bits per heavy atom. The van der Waals surface area contributed by atoms with Gasteiger partial charge >= 0.3 is 0 Å². The van der Waals surface area contributed by atoms with Gasteiger partial charge in [0.25, 0.3) is 5.91 Å². The summed E-state index contributed by atoms with van der Waals surface area (Å²) in [5.41, 5.74) is 5.67. The lowest BCUT2D eigenvalue weighted by atomic mass is 10.0. The van der Waals surface area contributed by atoms with Gasteiger partial charge in [0.05, 0.1) is 29.9 Å². The molecule has 190 valence electrons. The lowest BCUT2D eigenvalue weighted by Gasteiger charge is -2.19. The number of amides is 1. The molecule has 5 aromatic rings. The van der Waals surface area contributed by atoms with Crippen molar-refractivity contribution in [2.24, 2.45) is 0 Å². The van der Waals surface area contributed by atoms with Gasteiger partial charge in [0.15, 0.2) is 0 Å². The van der Waals surface area contributed by atoms with Crippen molar-refractivity contribution in [2.75, 3.05) is 6.61 Å². The van der Waals surface area contributed by atoms with Crippen molar-refractivity contribution in [3.05, 3.63) is 95.9 Å². The van der Waals surface area contributed by atoms with Gasteiger partial charge in [0.2, 0.25) is 0 Å². The predicted octanol–water partition coefficient (Wildman–Crippen LogP) is 5.49. The lowest BCUT2D eigenvalue weighted by molar-refractivity contribution is 0.0910. The Morgan fingerprint density at radius 1 is 1.08 bits per heavy atom. The fourth-order valence-electron chi connectivity index (χ4n) is 4.65. The minimum absolute atomic E-state index is 0.124. The molecule has 2 aromatic heterocycles. The molecule has 6 heteroatoms. The number of rotatable bonds is 7. The maximum Gasteiger partial charge on any atom is 0.255 e. The van der Waals surface area contributed by atoms with Crippen molar-refractivity contribution in [1.82, 2.24) is 15.3 Å². The van der Waals surface area contributed by atoms with E-state index in [0.29, 0.717) is 23.3 Å². The molecular formula is C32H29N3O3. The van der Waals surface area contributed by atoms with E-state index in [9.17, 15) is 9.90 Å². The summed E-state index contributed by atoms with van der Waals surface area (Å²) < 4.78 is 5.80. The smallest absolute Gasteiger partial charge is 0.255 e. The minimum Gasteiger partial charge on any atom is -0.489 e. The van der Waals surface area contributed by atoms with Gasteiger partial charge in [-0.3, -0.25) is 9.78 Å². The number of carbonyl (C=O) groups excluding carboxylic acids is 1. The van der Waals surface area contributed by atoms with Crippen LogP contribution in [0.1, 0.15) is 35.3 Å². The van der Waals surface area contributed by atoms with E-state index in [4.69, 9.17) is 11.2 Å². The Morgan fingerprint density at radius 2 is 1.89 bits per heavy atom. The summed E-state index contributed by atoms with van der Waals surface area (Å²) in [6.07, 6.45) is 11.7. The number of benzene rings is 3. The van der Waals surface area contributed by atoms with Gasteiger partial charge in [-0.2, -0.15) is 0 Å². The first kappa shape index (κ1) is 25.1. The van der Waals surface area contributed by atoms with Crippen LogP contribution < -0.4 is 10.1 Å². The highest BCUT2D eigenvalue weighted by Gasteiger charge is 2.21. The van der Waals surface area contributed by atoms with Crippen LogP contribution in [0.4, 0.5) is 0 Å². The first-order valence-corrected chi connectivity index (χ1v) is 12.6. The van der Waals surface area contributed by atoms with Crippen LogP contribution in [0.2, 0.25) is 0 Å². The largest absolute Gasteiger partial charge is 0.489 e. The summed E-state index contributed by atoms with van der Waals surface area (Å²) >= 11 is 0. The Hall–Kier alpha value is -4.60. The quantitative estimate of drug-likeness (QED) is 0.252. The van der Waals surface area contributed by atoms with E-state index in [1.807, 2.05) is 56.7 Å². The average Bonchev–Trinajstić information content (AvgIpc) is 3.51. The Kier molecular flexibility index (Phi) is 7.12. The number of ether oxygens (including phenoxy) is 1. The second kappa shape index (κ2) is 10.8. The van der Waals surface area contributed by atoms with E-state index in [1.54, 1.807) is 18.2 Å². The molecule has 3 aromatic carbocycles. The summed E-state index contributed by atoms with van der Waals surface area (Å²) in [4.78, 5) is 20.2. The highest BCUT2D eigenvalue weighted by Crippen LogP contribution is 2.45. The molecule has 2 heterocycles. The molecule has 0 unspecified atom stereocenters. The number of aromatic nitrogens is 2. The van der Waals surface area contributed by atoms with Crippen LogP contribution in [0.15, 0.2) is 79.3 Å². The summed E-state index contributed by atoms with van der Waals surface area (Å²) in [7, 11) is 0. The average molecular weight is 504 g/mol. The third-order valence-electron chi connectivity index (χ3n) is 6.48. The molecule has 38 heavy (non-hydrogen) atoms. The maximum atomic E-state index is 12.9. The summed E-state index contributed by atoms with van der Waals surface area (Å²) in [5, 5.41) is 16.5. The number of aliphatic hydroxyl groups excluding tert-OH is 1. The molecule has 1 amide bonds. The fraction of sp³-hybridized carbons (Fsp3) is 0.188. The second-order valence-electron chi connectivity index (χ2n) is 9.50. The molecule has 0 saturated heterocycles. The number of fused-ring (bicyclic) bond motifs is 2. The molecule has 6 nitrogen and oxygen atoms in total. The topological polar surface area (TPSA) is 87.2 Å². The van der Waals surface area contributed by atoms with Crippen LogP contribution in [0.25, 0.3) is 32.8 Å². The number of nitrogens with zero attached hydrogens (tertiary/aromatic N) is 1. The molecule has 1 atom stereocenters. The first-order chi connectivity index (χ1) is 18.5. The monoisotopic (exact) mass is 503 g/mol. The van der Waals surface area contributed by atoms with E-state index in [1.165, 1.54) is 21.9 Å². The van der Waals surface area contributed by atoms with Crippen molar-refractivity contribution in [3.8, 4) is 29.2 Å². The molecule has 3 N–H and O–H groups in total. The summed E-state index contributed by atoms with van der Waals surface area (Å²) in [6, 6.07) is 19.0. The van der Waals surface area contributed by atoms with Crippen LogP contribution in [0.5, 0.6) is 5.75 Å². The first-order valence-electron chi connectivity index (χ1n) is 12.6. The fourth-order valence-corrected chi connectivity index (χ4v) is 4.65. The van der Waals surface area contributed by atoms with E-state index < -0.39 is 6.04 Å². The molecule has 0 aliphatic heterocycles. The van der Waals surface area contributed by atoms with Crippen molar-refractivity contribution in [2.45, 2.75) is 32.4 Å². The van der Waals surface area contributed by atoms with E-state index in [2.05, 4.69) is 39.4 Å². The van der Waals surface area contributed by atoms with Gasteiger partial charge in [-0.05, 0) is 49.6 Å². The van der Waals surface area contributed by atoms with Gasteiger partial charge in [0, 0.05) is 45.8 Å². The highest BCUT2D eigenvalue weighted by atomic mass is 16.5. The number of hydrogen-bond donors (Lipinski definition) is 3. The van der Waals surface area contributed by atoms with E-state index >= 15 is 0 Å². The molecule has 0 fully saturated rings.